The Labute approximate surface area is 171 Å². The molecule has 1 saturated heterocycles. The van der Waals surface area contributed by atoms with Crippen molar-refractivity contribution in [2.24, 2.45) is 0 Å². The van der Waals surface area contributed by atoms with Gasteiger partial charge in [-0.25, -0.2) is 9.59 Å². The first kappa shape index (κ1) is 20.5. The van der Waals surface area contributed by atoms with Gasteiger partial charge in [-0.3, -0.25) is 0 Å². The number of benzene rings is 2. The molecule has 1 heterocycles. The van der Waals surface area contributed by atoms with Gasteiger partial charge in [-0.05, 0) is 24.6 Å². The van der Waals surface area contributed by atoms with Crippen LogP contribution in [0.2, 0.25) is 0 Å². The minimum absolute atomic E-state index is 0.158. The van der Waals surface area contributed by atoms with Crippen LogP contribution in [-0.2, 0) is 11.3 Å². The first-order valence-corrected chi connectivity index (χ1v) is 9.90. The molecule has 1 fully saturated rings. The number of amides is 3. The van der Waals surface area contributed by atoms with Crippen LogP contribution in [0.15, 0.2) is 54.6 Å². The number of anilines is 2. The largest absolute Gasteiger partial charge is 0.450 e. The molecule has 7 heteroatoms. The van der Waals surface area contributed by atoms with Crippen molar-refractivity contribution in [1.29, 1.82) is 0 Å². The van der Waals surface area contributed by atoms with Crippen LogP contribution in [0.3, 0.4) is 0 Å². The van der Waals surface area contributed by atoms with Gasteiger partial charge in [-0.1, -0.05) is 42.5 Å². The van der Waals surface area contributed by atoms with Crippen LogP contribution in [-0.4, -0.2) is 61.8 Å². The van der Waals surface area contributed by atoms with E-state index >= 15 is 0 Å². The van der Waals surface area contributed by atoms with Gasteiger partial charge in [-0.15, -0.1) is 0 Å². The van der Waals surface area contributed by atoms with Gasteiger partial charge in [0.1, 0.15) is 0 Å². The van der Waals surface area contributed by atoms with E-state index in [1.807, 2.05) is 49.5 Å². The summed E-state index contributed by atoms with van der Waals surface area (Å²) < 4.78 is 5.03. The van der Waals surface area contributed by atoms with Crippen LogP contribution in [0.5, 0.6) is 0 Å². The number of hydrogen-bond acceptors (Lipinski definition) is 4. The van der Waals surface area contributed by atoms with Crippen molar-refractivity contribution in [3.63, 3.8) is 0 Å². The van der Waals surface area contributed by atoms with Crippen molar-refractivity contribution >= 4 is 23.5 Å². The summed E-state index contributed by atoms with van der Waals surface area (Å²) in [6, 6.07) is 17.8. The fraction of sp³-hybridized carbons (Fsp3) is 0.364. The van der Waals surface area contributed by atoms with Crippen molar-refractivity contribution in [2.75, 3.05) is 50.1 Å². The Morgan fingerprint density at radius 1 is 0.966 bits per heavy atom. The average Bonchev–Trinajstić information content (AvgIpc) is 2.75. The molecule has 1 aliphatic heterocycles. The summed E-state index contributed by atoms with van der Waals surface area (Å²) in [5, 5.41) is 3.03. The van der Waals surface area contributed by atoms with Gasteiger partial charge in [0.15, 0.2) is 0 Å². The highest BCUT2D eigenvalue weighted by Gasteiger charge is 2.25. The molecule has 154 valence electrons. The molecule has 0 spiro atoms. The van der Waals surface area contributed by atoms with E-state index in [1.165, 1.54) is 5.56 Å². The second kappa shape index (κ2) is 9.82. The smallest absolute Gasteiger partial charge is 0.409 e. The highest BCUT2D eigenvalue weighted by molar-refractivity contribution is 5.93. The fourth-order valence-corrected chi connectivity index (χ4v) is 3.36. The first-order valence-electron chi connectivity index (χ1n) is 9.90. The Morgan fingerprint density at radius 3 is 2.28 bits per heavy atom. The van der Waals surface area contributed by atoms with Crippen LogP contribution in [0.1, 0.15) is 12.5 Å². The topological polar surface area (TPSA) is 65.1 Å². The molecular formula is C22H28N4O3. The molecule has 2 aromatic carbocycles. The van der Waals surface area contributed by atoms with Gasteiger partial charge >= 0.3 is 12.1 Å². The van der Waals surface area contributed by atoms with Crippen molar-refractivity contribution in [2.45, 2.75) is 13.5 Å². The van der Waals surface area contributed by atoms with E-state index in [0.29, 0.717) is 32.8 Å². The lowest BCUT2D eigenvalue weighted by molar-refractivity contribution is 0.0869. The van der Waals surface area contributed by atoms with Crippen LogP contribution in [0.25, 0.3) is 0 Å². The number of piperazine rings is 1. The van der Waals surface area contributed by atoms with Gasteiger partial charge in [0.25, 0.3) is 0 Å². The second-order valence-electron chi connectivity index (χ2n) is 6.96. The predicted octanol–water partition coefficient (Wildman–Crippen LogP) is 3.63. The molecule has 3 rings (SSSR count). The summed E-state index contributed by atoms with van der Waals surface area (Å²) >= 11 is 0. The molecule has 1 N–H and O–H groups in total. The number of urea groups is 1. The van der Waals surface area contributed by atoms with Gasteiger partial charge in [-0.2, -0.15) is 0 Å². The van der Waals surface area contributed by atoms with E-state index in [1.54, 1.807) is 16.7 Å². The minimum Gasteiger partial charge on any atom is -0.450 e. The predicted molar refractivity (Wildman–Crippen MR) is 114 cm³/mol. The monoisotopic (exact) mass is 396 g/mol. The van der Waals surface area contributed by atoms with Gasteiger partial charge in [0.2, 0.25) is 0 Å². The number of para-hydroxylation sites is 2. The Kier molecular flexibility index (Phi) is 6.94. The van der Waals surface area contributed by atoms with Gasteiger partial charge in [0, 0.05) is 39.8 Å². The Balaban J connectivity index is 1.60. The lowest BCUT2D eigenvalue weighted by Crippen LogP contribution is -2.51. The van der Waals surface area contributed by atoms with Crippen LogP contribution < -0.4 is 10.2 Å². The lowest BCUT2D eigenvalue weighted by Gasteiger charge is -2.34. The van der Waals surface area contributed by atoms with E-state index in [0.717, 1.165) is 17.9 Å². The van der Waals surface area contributed by atoms with Crippen LogP contribution in [0, 0.1) is 0 Å². The normalized spacial score (nSPS) is 13.7. The number of nitrogens with one attached hydrogen (secondary N) is 1. The molecule has 0 aromatic heterocycles. The van der Waals surface area contributed by atoms with Crippen molar-refractivity contribution in [3.05, 3.63) is 60.2 Å². The van der Waals surface area contributed by atoms with E-state index in [-0.39, 0.29) is 12.1 Å². The van der Waals surface area contributed by atoms with Crippen LogP contribution in [0.4, 0.5) is 21.0 Å². The quantitative estimate of drug-likeness (QED) is 0.838. The number of carbonyl (C=O) groups excluding carboxylic acids is 2. The molecule has 0 unspecified atom stereocenters. The Morgan fingerprint density at radius 2 is 1.59 bits per heavy atom. The lowest BCUT2D eigenvalue weighted by atomic mass is 10.2. The third kappa shape index (κ3) is 5.40. The summed E-state index contributed by atoms with van der Waals surface area (Å²) in [6.45, 7) is 4.79. The fourth-order valence-electron chi connectivity index (χ4n) is 3.36. The summed E-state index contributed by atoms with van der Waals surface area (Å²) in [5.41, 5.74) is 2.92. The van der Waals surface area contributed by atoms with E-state index < -0.39 is 0 Å². The number of hydrogen-bond donors (Lipinski definition) is 1. The van der Waals surface area contributed by atoms with Crippen molar-refractivity contribution in [1.82, 2.24) is 9.80 Å². The van der Waals surface area contributed by atoms with Gasteiger partial charge in [0.05, 0.1) is 18.0 Å². The third-order valence-corrected chi connectivity index (χ3v) is 4.91. The van der Waals surface area contributed by atoms with Crippen molar-refractivity contribution in [3.8, 4) is 0 Å². The molecule has 7 nitrogen and oxygen atoms in total. The molecule has 0 radical (unpaired) electrons. The summed E-state index contributed by atoms with van der Waals surface area (Å²) in [7, 11) is 2.01. The molecule has 29 heavy (non-hydrogen) atoms. The summed E-state index contributed by atoms with van der Waals surface area (Å²) in [5.74, 6) is 0. The highest BCUT2D eigenvalue weighted by atomic mass is 16.6. The standard InChI is InChI=1S/C22H28N4O3/c1-3-29-22(28)26-15-13-25(14-16-26)21(27)23-19-11-7-8-12-20(19)24(2)17-18-9-5-4-6-10-18/h4-12H,3,13-17H2,1-2H3,(H,23,27). The molecule has 1 aliphatic rings. The van der Waals surface area contributed by atoms with E-state index in [4.69, 9.17) is 4.74 Å². The number of carbonyl (C=O) groups is 2. The summed E-state index contributed by atoms with van der Waals surface area (Å²) in [6.07, 6.45) is -0.319. The Hall–Kier alpha value is -3.22. The molecule has 2 aromatic rings. The summed E-state index contributed by atoms with van der Waals surface area (Å²) in [4.78, 5) is 30.1. The average molecular weight is 396 g/mol. The highest BCUT2D eigenvalue weighted by Crippen LogP contribution is 2.26. The Bertz CT molecular complexity index is 820. The third-order valence-electron chi connectivity index (χ3n) is 4.91. The maximum Gasteiger partial charge on any atom is 0.409 e. The first-order chi connectivity index (χ1) is 14.1. The SMILES string of the molecule is CCOC(=O)N1CCN(C(=O)Nc2ccccc2N(C)Cc2ccccc2)CC1. The molecular weight excluding hydrogens is 368 g/mol. The number of nitrogens with zero attached hydrogens (tertiary/aromatic N) is 3. The molecule has 3 amide bonds. The zero-order valence-corrected chi connectivity index (χ0v) is 17.0. The number of rotatable bonds is 5. The molecule has 0 aliphatic carbocycles. The van der Waals surface area contributed by atoms with Crippen LogP contribution >= 0.6 is 0 Å². The van der Waals surface area contributed by atoms with Gasteiger partial charge < -0.3 is 24.8 Å². The zero-order chi connectivity index (χ0) is 20.6. The minimum atomic E-state index is -0.319. The molecule has 0 atom stereocenters. The maximum atomic E-state index is 12.8. The number of ether oxygens (including phenoxy) is 1. The van der Waals surface area contributed by atoms with E-state index in [2.05, 4.69) is 22.3 Å². The van der Waals surface area contributed by atoms with E-state index in [9.17, 15) is 9.59 Å². The van der Waals surface area contributed by atoms with Crippen molar-refractivity contribution < 1.29 is 14.3 Å². The second-order valence-corrected chi connectivity index (χ2v) is 6.96. The maximum absolute atomic E-state index is 12.8. The molecule has 0 saturated carbocycles. The zero-order valence-electron chi connectivity index (χ0n) is 17.0. The molecule has 0 bridgehead atoms.